The van der Waals surface area contributed by atoms with Gasteiger partial charge in [-0.25, -0.2) is 4.79 Å². The van der Waals surface area contributed by atoms with Crippen molar-refractivity contribution >= 4 is 70.0 Å². The Labute approximate surface area is 196 Å². The molecule has 1 atom stereocenters. The first-order valence-corrected chi connectivity index (χ1v) is 10.2. The van der Waals surface area contributed by atoms with Gasteiger partial charge < -0.3 is 9.47 Å². The standard InChI is InChI=1S/C20H13Cl4NO6/c1-8(20(29)31-7-11(26)9-3-5-10(30-2)6-4-9)25-18(27)12-13(19(25)28)15(22)17(24)16(23)14(12)21/h3-6,8H,7H2,1-2H3/t8-/m1/s1. The Balaban J connectivity index is 1.75. The van der Waals surface area contributed by atoms with Crippen LogP contribution in [0.2, 0.25) is 20.1 Å². The molecule has 1 aliphatic heterocycles. The Morgan fingerprint density at radius 2 is 1.39 bits per heavy atom. The molecule has 3 rings (SSSR count). The molecule has 2 amide bonds. The maximum atomic E-state index is 12.8. The summed E-state index contributed by atoms with van der Waals surface area (Å²) in [5.41, 5.74) is -0.204. The number of carbonyl (C=O) groups excluding carboxylic acids is 4. The van der Waals surface area contributed by atoms with E-state index >= 15 is 0 Å². The maximum Gasteiger partial charge on any atom is 0.329 e. The molecule has 0 N–H and O–H groups in total. The lowest BCUT2D eigenvalue weighted by atomic mass is 10.1. The lowest BCUT2D eigenvalue weighted by Crippen LogP contribution is -2.44. The van der Waals surface area contributed by atoms with E-state index in [2.05, 4.69) is 0 Å². The first-order valence-electron chi connectivity index (χ1n) is 8.67. The lowest BCUT2D eigenvalue weighted by molar-refractivity contribution is -0.146. The van der Waals surface area contributed by atoms with Crippen molar-refractivity contribution in [1.29, 1.82) is 0 Å². The second kappa shape index (κ2) is 9.04. The second-order valence-corrected chi connectivity index (χ2v) is 7.93. The average molecular weight is 505 g/mol. The highest BCUT2D eigenvalue weighted by Crippen LogP contribution is 2.45. The average Bonchev–Trinajstić information content (AvgIpc) is 3.03. The van der Waals surface area contributed by atoms with Gasteiger partial charge in [0.1, 0.15) is 11.8 Å². The molecule has 0 radical (unpaired) electrons. The summed E-state index contributed by atoms with van der Waals surface area (Å²) in [6.07, 6.45) is 0. The number of imide groups is 1. The molecule has 2 aromatic carbocycles. The van der Waals surface area contributed by atoms with Crippen LogP contribution < -0.4 is 4.74 Å². The van der Waals surface area contributed by atoms with Gasteiger partial charge in [0, 0.05) is 5.56 Å². The van der Waals surface area contributed by atoms with E-state index in [0.29, 0.717) is 16.2 Å². The molecule has 0 fully saturated rings. The molecule has 1 heterocycles. The number of Topliss-reactive ketones (excluding diaryl/α,β-unsaturated/α-hetero) is 1. The minimum atomic E-state index is -1.36. The van der Waals surface area contributed by atoms with Crippen LogP contribution in [-0.4, -0.2) is 48.2 Å². The highest BCUT2D eigenvalue weighted by Gasteiger charge is 2.45. The predicted molar refractivity (Wildman–Crippen MR) is 115 cm³/mol. The Morgan fingerprint density at radius 1 is 0.903 bits per heavy atom. The van der Waals surface area contributed by atoms with Crippen molar-refractivity contribution < 1.29 is 28.7 Å². The van der Waals surface area contributed by atoms with Crippen LogP contribution in [0.15, 0.2) is 24.3 Å². The number of nitrogens with zero attached hydrogens (tertiary/aromatic N) is 1. The van der Waals surface area contributed by atoms with E-state index in [1.54, 1.807) is 12.1 Å². The van der Waals surface area contributed by atoms with E-state index in [4.69, 9.17) is 55.9 Å². The summed E-state index contributed by atoms with van der Waals surface area (Å²) in [5.74, 6) is -2.64. The summed E-state index contributed by atoms with van der Waals surface area (Å²) >= 11 is 24.1. The van der Waals surface area contributed by atoms with Crippen LogP contribution in [0.5, 0.6) is 5.75 Å². The lowest BCUT2D eigenvalue weighted by Gasteiger charge is -2.20. The minimum Gasteiger partial charge on any atom is -0.497 e. The number of ketones is 1. The van der Waals surface area contributed by atoms with Crippen molar-refractivity contribution in [2.24, 2.45) is 0 Å². The normalized spacial score (nSPS) is 13.8. The highest BCUT2D eigenvalue weighted by atomic mass is 35.5. The first-order chi connectivity index (χ1) is 14.6. The number of ether oxygens (including phenoxy) is 2. The molecule has 0 saturated heterocycles. The smallest absolute Gasteiger partial charge is 0.329 e. The van der Waals surface area contributed by atoms with E-state index in [9.17, 15) is 19.2 Å². The van der Waals surface area contributed by atoms with Gasteiger partial charge in [0.2, 0.25) is 0 Å². The summed E-state index contributed by atoms with van der Waals surface area (Å²) in [5, 5.41) is -0.866. The van der Waals surface area contributed by atoms with Gasteiger partial charge in [-0.15, -0.1) is 0 Å². The van der Waals surface area contributed by atoms with Crippen molar-refractivity contribution in [1.82, 2.24) is 4.90 Å². The third-order valence-electron chi connectivity index (χ3n) is 4.62. The number of methoxy groups -OCH3 is 1. The quantitative estimate of drug-likeness (QED) is 0.186. The second-order valence-electron chi connectivity index (χ2n) is 6.42. The van der Waals surface area contributed by atoms with Gasteiger partial charge in [-0.3, -0.25) is 19.3 Å². The van der Waals surface area contributed by atoms with E-state index in [0.717, 1.165) is 0 Å². The fourth-order valence-electron chi connectivity index (χ4n) is 2.94. The molecule has 2 aromatic rings. The zero-order chi connectivity index (χ0) is 23.0. The molecule has 162 valence electrons. The largest absolute Gasteiger partial charge is 0.497 e. The van der Waals surface area contributed by atoms with Gasteiger partial charge in [0.25, 0.3) is 11.8 Å². The molecule has 0 aliphatic carbocycles. The zero-order valence-electron chi connectivity index (χ0n) is 16.0. The summed E-state index contributed by atoms with van der Waals surface area (Å²) in [6.45, 7) is 0.685. The van der Waals surface area contributed by atoms with E-state index in [1.807, 2.05) is 0 Å². The van der Waals surface area contributed by atoms with Crippen LogP contribution in [0.25, 0.3) is 0 Å². The van der Waals surface area contributed by atoms with Gasteiger partial charge in [0.05, 0.1) is 38.3 Å². The molecular weight excluding hydrogens is 492 g/mol. The van der Waals surface area contributed by atoms with Gasteiger partial charge in [0.15, 0.2) is 12.4 Å². The van der Waals surface area contributed by atoms with E-state index < -0.39 is 36.2 Å². The molecule has 0 aromatic heterocycles. The number of esters is 1. The van der Waals surface area contributed by atoms with Crippen molar-refractivity contribution in [3.05, 3.63) is 61.0 Å². The molecule has 1 aliphatic rings. The van der Waals surface area contributed by atoms with Crippen LogP contribution in [0.1, 0.15) is 38.0 Å². The Morgan fingerprint density at radius 3 is 1.84 bits per heavy atom. The molecular formula is C20H13Cl4NO6. The number of fused-ring (bicyclic) bond motifs is 1. The summed E-state index contributed by atoms with van der Waals surface area (Å²) in [6, 6.07) is 4.83. The molecule has 7 nitrogen and oxygen atoms in total. The monoisotopic (exact) mass is 503 g/mol. The fourth-order valence-corrected chi connectivity index (χ4v) is 3.96. The number of rotatable bonds is 6. The topological polar surface area (TPSA) is 90.0 Å². The first kappa shape index (κ1) is 23.3. The van der Waals surface area contributed by atoms with Crippen LogP contribution in [0, 0.1) is 0 Å². The van der Waals surface area contributed by atoms with E-state index in [1.165, 1.54) is 26.2 Å². The number of benzene rings is 2. The van der Waals surface area contributed by atoms with Crippen molar-refractivity contribution in [2.75, 3.05) is 13.7 Å². The number of halogens is 4. The Kier molecular flexibility index (Phi) is 6.81. The van der Waals surface area contributed by atoms with Crippen molar-refractivity contribution in [2.45, 2.75) is 13.0 Å². The van der Waals surface area contributed by atoms with Gasteiger partial charge in [-0.2, -0.15) is 0 Å². The van der Waals surface area contributed by atoms with Gasteiger partial charge in [-0.1, -0.05) is 46.4 Å². The minimum absolute atomic E-state index is 0.185. The third kappa shape index (κ3) is 4.11. The van der Waals surface area contributed by atoms with Crippen molar-refractivity contribution in [3.63, 3.8) is 0 Å². The SMILES string of the molecule is COc1ccc(C(=O)COC(=O)[C@@H](C)N2C(=O)c3c(Cl)c(Cl)c(Cl)c(Cl)c3C2=O)cc1. The van der Waals surface area contributed by atoms with Crippen molar-refractivity contribution in [3.8, 4) is 5.75 Å². The third-order valence-corrected chi connectivity index (χ3v) is 6.42. The maximum absolute atomic E-state index is 12.8. The van der Waals surface area contributed by atoms with Crippen LogP contribution in [0.3, 0.4) is 0 Å². The van der Waals surface area contributed by atoms with Crippen LogP contribution in [-0.2, 0) is 9.53 Å². The number of hydrogen-bond donors (Lipinski definition) is 0. The van der Waals surface area contributed by atoms with Gasteiger partial charge >= 0.3 is 5.97 Å². The summed E-state index contributed by atoms with van der Waals surface area (Å²) in [4.78, 5) is 50.9. The van der Waals surface area contributed by atoms with Crippen LogP contribution in [0.4, 0.5) is 0 Å². The fraction of sp³-hybridized carbons (Fsp3) is 0.200. The number of carbonyl (C=O) groups is 4. The predicted octanol–water partition coefficient (Wildman–Crippen LogP) is 4.72. The molecule has 31 heavy (non-hydrogen) atoms. The molecule has 0 saturated carbocycles. The van der Waals surface area contributed by atoms with E-state index in [-0.39, 0.29) is 31.2 Å². The Hall–Kier alpha value is -2.32. The number of hydrogen-bond acceptors (Lipinski definition) is 6. The highest BCUT2D eigenvalue weighted by molar-refractivity contribution is 6.55. The van der Waals surface area contributed by atoms with Gasteiger partial charge in [-0.05, 0) is 31.2 Å². The Bertz CT molecular complexity index is 1070. The molecule has 0 spiro atoms. The molecule has 0 unspecified atom stereocenters. The summed E-state index contributed by atoms with van der Waals surface area (Å²) < 4.78 is 10.0. The summed E-state index contributed by atoms with van der Waals surface area (Å²) in [7, 11) is 1.49. The number of amides is 2. The molecule has 0 bridgehead atoms. The van der Waals surface area contributed by atoms with Crippen LogP contribution >= 0.6 is 46.4 Å². The zero-order valence-corrected chi connectivity index (χ0v) is 19.0. The molecule has 11 heteroatoms.